The molecule has 0 heterocycles. The van der Waals surface area contributed by atoms with Gasteiger partial charge in [0.1, 0.15) is 0 Å². The number of nitriles is 1. The lowest BCUT2D eigenvalue weighted by Crippen LogP contribution is -2.08. The topological polar surface area (TPSA) is 49.8 Å². The van der Waals surface area contributed by atoms with Crippen molar-refractivity contribution in [2.75, 3.05) is 0 Å². The molecule has 1 aromatic rings. The van der Waals surface area contributed by atoms with Gasteiger partial charge in [-0.15, -0.1) is 0 Å². The number of benzene rings is 1. The first-order valence-corrected chi connectivity index (χ1v) is 3.93. The van der Waals surface area contributed by atoms with Gasteiger partial charge in [-0.25, -0.2) is 0 Å². The van der Waals surface area contributed by atoms with E-state index in [0.717, 1.165) is 5.56 Å². The largest absolute Gasteiger partial charge is 0.323 e. The van der Waals surface area contributed by atoms with Gasteiger partial charge in [0.2, 0.25) is 0 Å². The molecular formula is C10H12N2. The fraction of sp³-hybridized carbons (Fsp3) is 0.300. The van der Waals surface area contributed by atoms with Crippen molar-refractivity contribution in [3.05, 3.63) is 35.4 Å². The van der Waals surface area contributed by atoms with Crippen LogP contribution >= 0.6 is 0 Å². The van der Waals surface area contributed by atoms with E-state index in [1.54, 1.807) is 0 Å². The van der Waals surface area contributed by atoms with Gasteiger partial charge in [-0.05, 0) is 12.5 Å². The Morgan fingerprint density at radius 2 is 2.00 bits per heavy atom. The van der Waals surface area contributed by atoms with E-state index in [1.165, 1.54) is 5.56 Å². The van der Waals surface area contributed by atoms with Crippen LogP contribution in [0.3, 0.4) is 0 Å². The number of aryl methyl sites for hydroxylation is 1. The smallest absolute Gasteiger partial charge is 0.0641 e. The lowest BCUT2D eigenvalue weighted by Gasteiger charge is -2.06. The Kier molecular flexibility index (Phi) is 2.84. The average Bonchev–Trinajstić information content (AvgIpc) is 2.06. The average molecular weight is 160 g/mol. The number of rotatable bonds is 2. The lowest BCUT2D eigenvalue weighted by molar-refractivity contribution is 0.748. The molecule has 2 N–H and O–H groups in total. The zero-order valence-electron chi connectivity index (χ0n) is 7.12. The Hall–Kier alpha value is -1.33. The van der Waals surface area contributed by atoms with Gasteiger partial charge in [0.25, 0.3) is 0 Å². The third kappa shape index (κ3) is 2.08. The number of hydrogen-bond acceptors (Lipinski definition) is 2. The minimum absolute atomic E-state index is 0.143. The van der Waals surface area contributed by atoms with Crippen LogP contribution in [-0.2, 0) is 0 Å². The minimum atomic E-state index is -0.143. The summed E-state index contributed by atoms with van der Waals surface area (Å²) in [5.41, 5.74) is 7.97. The van der Waals surface area contributed by atoms with Crippen molar-refractivity contribution < 1.29 is 0 Å². The van der Waals surface area contributed by atoms with Crippen molar-refractivity contribution in [3.63, 3.8) is 0 Å². The summed E-state index contributed by atoms with van der Waals surface area (Å²) in [6.45, 7) is 2.03. The SMILES string of the molecule is Cc1ccc([C@@H](N)CC#N)cc1. The van der Waals surface area contributed by atoms with Crippen LogP contribution in [0.15, 0.2) is 24.3 Å². The third-order valence-electron chi connectivity index (χ3n) is 1.82. The van der Waals surface area contributed by atoms with Crippen LogP contribution in [0.25, 0.3) is 0 Å². The summed E-state index contributed by atoms with van der Waals surface area (Å²) < 4.78 is 0. The molecule has 0 spiro atoms. The molecule has 0 aliphatic rings. The molecule has 0 saturated carbocycles. The van der Waals surface area contributed by atoms with Crippen molar-refractivity contribution in [1.82, 2.24) is 0 Å². The molecule has 0 unspecified atom stereocenters. The van der Waals surface area contributed by atoms with Gasteiger partial charge in [0.15, 0.2) is 0 Å². The summed E-state index contributed by atoms with van der Waals surface area (Å²) >= 11 is 0. The predicted octanol–water partition coefficient (Wildman–Crippen LogP) is 1.91. The molecule has 1 rings (SSSR count). The van der Waals surface area contributed by atoms with Crippen molar-refractivity contribution in [2.24, 2.45) is 5.73 Å². The molecule has 12 heavy (non-hydrogen) atoms. The highest BCUT2D eigenvalue weighted by Crippen LogP contribution is 2.13. The van der Waals surface area contributed by atoms with Gasteiger partial charge in [-0.1, -0.05) is 29.8 Å². The van der Waals surface area contributed by atoms with Gasteiger partial charge in [-0.3, -0.25) is 0 Å². The Morgan fingerprint density at radius 1 is 1.42 bits per heavy atom. The van der Waals surface area contributed by atoms with Crippen molar-refractivity contribution in [2.45, 2.75) is 19.4 Å². The molecule has 1 aromatic carbocycles. The van der Waals surface area contributed by atoms with E-state index in [4.69, 9.17) is 11.0 Å². The van der Waals surface area contributed by atoms with Crippen molar-refractivity contribution in [3.8, 4) is 6.07 Å². The van der Waals surface area contributed by atoms with Crippen LogP contribution < -0.4 is 5.73 Å². The fourth-order valence-corrected chi connectivity index (χ4v) is 1.03. The molecule has 1 atom stereocenters. The second-order valence-electron chi connectivity index (χ2n) is 2.88. The standard InChI is InChI=1S/C10H12N2/c1-8-2-4-9(5-3-8)10(12)6-7-11/h2-5,10H,6,12H2,1H3/t10-/m0/s1. The molecule has 0 saturated heterocycles. The molecule has 0 fully saturated rings. The minimum Gasteiger partial charge on any atom is -0.323 e. The summed E-state index contributed by atoms with van der Waals surface area (Å²) in [5.74, 6) is 0. The molecule has 0 amide bonds. The van der Waals surface area contributed by atoms with E-state index < -0.39 is 0 Å². The monoisotopic (exact) mass is 160 g/mol. The van der Waals surface area contributed by atoms with Crippen molar-refractivity contribution >= 4 is 0 Å². The van der Waals surface area contributed by atoms with E-state index in [0.29, 0.717) is 6.42 Å². The van der Waals surface area contributed by atoms with Crippen LogP contribution in [0.2, 0.25) is 0 Å². The number of nitrogens with zero attached hydrogens (tertiary/aromatic N) is 1. The molecular weight excluding hydrogens is 148 g/mol. The zero-order valence-corrected chi connectivity index (χ0v) is 7.12. The first kappa shape index (κ1) is 8.76. The molecule has 0 aromatic heterocycles. The van der Waals surface area contributed by atoms with E-state index in [9.17, 15) is 0 Å². The second kappa shape index (κ2) is 3.89. The molecule has 62 valence electrons. The molecule has 2 nitrogen and oxygen atoms in total. The number of nitrogens with two attached hydrogens (primary N) is 1. The Bertz CT molecular complexity index is 282. The lowest BCUT2D eigenvalue weighted by atomic mass is 10.0. The first-order chi connectivity index (χ1) is 5.74. The van der Waals surface area contributed by atoms with Gasteiger partial charge in [0.05, 0.1) is 12.5 Å². The molecule has 0 aliphatic carbocycles. The Labute approximate surface area is 72.6 Å². The summed E-state index contributed by atoms with van der Waals surface area (Å²) in [6, 6.07) is 9.86. The molecule has 2 heteroatoms. The highest BCUT2D eigenvalue weighted by atomic mass is 14.6. The maximum absolute atomic E-state index is 8.42. The summed E-state index contributed by atoms with van der Waals surface area (Å²) in [6.07, 6.45) is 0.378. The van der Waals surface area contributed by atoms with Gasteiger partial charge in [-0.2, -0.15) is 5.26 Å². The van der Waals surface area contributed by atoms with E-state index >= 15 is 0 Å². The number of hydrogen-bond donors (Lipinski definition) is 1. The Morgan fingerprint density at radius 3 is 2.50 bits per heavy atom. The van der Waals surface area contributed by atoms with E-state index in [-0.39, 0.29) is 6.04 Å². The fourth-order valence-electron chi connectivity index (χ4n) is 1.03. The van der Waals surface area contributed by atoms with E-state index in [2.05, 4.69) is 6.07 Å². The van der Waals surface area contributed by atoms with Crippen LogP contribution in [0, 0.1) is 18.3 Å². The highest BCUT2D eigenvalue weighted by Gasteiger charge is 2.03. The Balaban J connectivity index is 2.76. The second-order valence-corrected chi connectivity index (χ2v) is 2.88. The predicted molar refractivity (Wildman–Crippen MR) is 48.3 cm³/mol. The van der Waals surface area contributed by atoms with Gasteiger partial charge in [0, 0.05) is 6.04 Å². The summed E-state index contributed by atoms with van der Waals surface area (Å²) in [4.78, 5) is 0. The van der Waals surface area contributed by atoms with Crippen LogP contribution in [0.1, 0.15) is 23.6 Å². The quantitative estimate of drug-likeness (QED) is 0.718. The zero-order chi connectivity index (χ0) is 8.97. The third-order valence-corrected chi connectivity index (χ3v) is 1.82. The summed E-state index contributed by atoms with van der Waals surface area (Å²) in [5, 5.41) is 8.42. The molecule has 0 aliphatic heterocycles. The van der Waals surface area contributed by atoms with Crippen LogP contribution in [0.4, 0.5) is 0 Å². The van der Waals surface area contributed by atoms with Crippen LogP contribution in [0.5, 0.6) is 0 Å². The first-order valence-electron chi connectivity index (χ1n) is 3.93. The van der Waals surface area contributed by atoms with Gasteiger partial charge < -0.3 is 5.73 Å². The molecule has 0 bridgehead atoms. The summed E-state index contributed by atoms with van der Waals surface area (Å²) in [7, 11) is 0. The maximum atomic E-state index is 8.42. The van der Waals surface area contributed by atoms with Crippen LogP contribution in [-0.4, -0.2) is 0 Å². The van der Waals surface area contributed by atoms with Crippen molar-refractivity contribution in [1.29, 1.82) is 5.26 Å². The normalized spacial score (nSPS) is 12.1. The maximum Gasteiger partial charge on any atom is 0.0641 e. The van der Waals surface area contributed by atoms with Gasteiger partial charge >= 0.3 is 0 Å². The highest BCUT2D eigenvalue weighted by molar-refractivity contribution is 5.24. The molecule has 0 radical (unpaired) electrons. The van der Waals surface area contributed by atoms with E-state index in [1.807, 2.05) is 31.2 Å².